The molecule has 0 aromatic rings. The zero-order valence-corrected chi connectivity index (χ0v) is 9.35. The summed E-state index contributed by atoms with van der Waals surface area (Å²) in [5.74, 6) is -0.921. The van der Waals surface area contributed by atoms with Gasteiger partial charge in [0.1, 0.15) is 5.54 Å². The number of carboxylic acid groups (broad SMARTS) is 1. The highest BCUT2D eigenvalue weighted by Gasteiger charge is 2.42. The van der Waals surface area contributed by atoms with Gasteiger partial charge in [0.15, 0.2) is 0 Å². The molecule has 2 aliphatic rings. The number of hydrogen-bond acceptors (Lipinski definition) is 4. The second kappa shape index (κ2) is 4.69. The monoisotopic (exact) mass is 229 g/mol. The van der Waals surface area contributed by atoms with Crippen molar-refractivity contribution in [3.63, 3.8) is 0 Å². The van der Waals surface area contributed by atoms with E-state index >= 15 is 0 Å². The molecule has 3 unspecified atom stereocenters. The predicted octanol–water partition coefficient (Wildman–Crippen LogP) is 0.517. The first kappa shape index (κ1) is 11.8. The van der Waals surface area contributed by atoms with E-state index in [0.717, 1.165) is 25.9 Å². The van der Waals surface area contributed by atoms with E-state index < -0.39 is 11.5 Å². The van der Waals surface area contributed by atoms with Crippen LogP contribution in [0.2, 0.25) is 0 Å². The molecule has 1 heterocycles. The molecule has 3 N–H and O–H groups in total. The van der Waals surface area contributed by atoms with Crippen LogP contribution in [-0.4, -0.2) is 42.0 Å². The molecule has 92 valence electrons. The number of ether oxygens (including phenoxy) is 2. The largest absolute Gasteiger partial charge is 0.480 e. The summed E-state index contributed by atoms with van der Waals surface area (Å²) in [5.41, 5.74) is 4.68. The molecule has 1 saturated carbocycles. The van der Waals surface area contributed by atoms with Crippen molar-refractivity contribution < 1.29 is 19.4 Å². The summed E-state index contributed by atoms with van der Waals surface area (Å²) in [6, 6.07) is 0. The van der Waals surface area contributed by atoms with Gasteiger partial charge in [-0.1, -0.05) is 0 Å². The normalized spacial score (nSPS) is 39.1. The number of aliphatic carboxylic acids is 1. The van der Waals surface area contributed by atoms with Crippen molar-refractivity contribution in [1.29, 1.82) is 0 Å². The molecule has 0 amide bonds. The number of rotatable bonds is 4. The molecule has 1 aliphatic heterocycles. The summed E-state index contributed by atoms with van der Waals surface area (Å²) in [7, 11) is 0. The highest BCUT2D eigenvalue weighted by molar-refractivity contribution is 5.78. The van der Waals surface area contributed by atoms with Crippen LogP contribution in [0.4, 0.5) is 0 Å². The lowest BCUT2D eigenvalue weighted by molar-refractivity contribution is -0.143. The van der Waals surface area contributed by atoms with Crippen LogP contribution in [0.5, 0.6) is 0 Å². The van der Waals surface area contributed by atoms with Crippen LogP contribution < -0.4 is 5.73 Å². The predicted molar refractivity (Wildman–Crippen MR) is 57.1 cm³/mol. The number of nitrogens with two attached hydrogens (primary N) is 1. The van der Waals surface area contributed by atoms with Gasteiger partial charge >= 0.3 is 5.97 Å². The average Bonchev–Trinajstić information content (AvgIpc) is 2.85. The van der Waals surface area contributed by atoms with Gasteiger partial charge in [0.2, 0.25) is 0 Å². The maximum atomic E-state index is 10.9. The van der Waals surface area contributed by atoms with Gasteiger partial charge < -0.3 is 20.3 Å². The molecule has 2 rings (SSSR count). The number of carbonyl (C=O) groups is 1. The summed E-state index contributed by atoms with van der Waals surface area (Å²) in [4.78, 5) is 10.9. The second-order valence-electron chi connectivity index (χ2n) is 4.79. The van der Waals surface area contributed by atoms with Crippen molar-refractivity contribution in [3.8, 4) is 0 Å². The zero-order valence-electron chi connectivity index (χ0n) is 9.35. The summed E-state index contributed by atoms with van der Waals surface area (Å²) < 4.78 is 11.1. The average molecular weight is 229 g/mol. The lowest BCUT2D eigenvalue weighted by atomic mass is 10.00. The van der Waals surface area contributed by atoms with Gasteiger partial charge in [0, 0.05) is 13.0 Å². The summed E-state index contributed by atoms with van der Waals surface area (Å²) >= 11 is 0. The van der Waals surface area contributed by atoms with Crippen molar-refractivity contribution in [2.24, 2.45) is 5.73 Å². The molecule has 0 aromatic carbocycles. The van der Waals surface area contributed by atoms with Crippen molar-refractivity contribution in [1.82, 2.24) is 0 Å². The van der Waals surface area contributed by atoms with E-state index in [1.54, 1.807) is 0 Å². The van der Waals surface area contributed by atoms with Crippen molar-refractivity contribution in [2.75, 3.05) is 13.2 Å². The molecule has 1 aliphatic carbocycles. The van der Waals surface area contributed by atoms with Gasteiger partial charge in [-0.05, 0) is 25.7 Å². The lowest BCUT2D eigenvalue weighted by Crippen LogP contribution is -2.46. The molecular weight excluding hydrogens is 210 g/mol. The Bertz CT molecular complexity index is 265. The molecule has 0 spiro atoms. The fourth-order valence-corrected chi connectivity index (χ4v) is 2.38. The minimum Gasteiger partial charge on any atom is -0.480 e. The highest BCUT2D eigenvalue weighted by Crippen LogP contribution is 2.30. The third kappa shape index (κ3) is 2.53. The molecule has 5 heteroatoms. The Kier molecular flexibility index (Phi) is 3.47. The highest BCUT2D eigenvalue weighted by atomic mass is 16.5. The van der Waals surface area contributed by atoms with Crippen LogP contribution in [0.1, 0.15) is 32.1 Å². The lowest BCUT2D eigenvalue weighted by Gasteiger charge is -2.19. The van der Waals surface area contributed by atoms with Gasteiger partial charge in [-0.2, -0.15) is 0 Å². The maximum Gasteiger partial charge on any atom is 0.323 e. The van der Waals surface area contributed by atoms with E-state index in [1.807, 2.05) is 0 Å². The topological polar surface area (TPSA) is 81.8 Å². The third-order valence-electron chi connectivity index (χ3n) is 3.47. The molecule has 0 radical (unpaired) electrons. The van der Waals surface area contributed by atoms with Gasteiger partial charge in [-0.25, -0.2) is 0 Å². The summed E-state index contributed by atoms with van der Waals surface area (Å²) in [5, 5.41) is 8.96. The Labute approximate surface area is 94.9 Å². The van der Waals surface area contributed by atoms with Crippen molar-refractivity contribution in [2.45, 2.75) is 49.9 Å². The van der Waals surface area contributed by atoms with E-state index in [9.17, 15) is 4.79 Å². The molecule has 16 heavy (non-hydrogen) atoms. The Morgan fingerprint density at radius 1 is 1.56 bits per heavy atom. The first-order valence-corrected chi connectivity index (χ1v) is 5.86. The van der Waals surface area contributed by atoms with Crippen LogP contribution in [0, 0.1) is 0 Å². The van der Waals surface area contributed by atoms with Gasteiger partial charge in [0.05, 0.1) is 18.8 Å². The first-order chi connectivity index (χ1) is 7.60. The Hall–Kier alpha value is -0.650. The Morgan fingerprint density at radius 3 is 2.94 bits per heavy atom. The van der Waals surface area contributed by atoms with Crippen LogP contribution in [0.25, 0.3) is 0 Å². The second-order valence-corrected chi connectivity index (χ2v) is 4.79. The summed E-state index contributed by atoms with van der Waals surface area (Å²) in [6.45, 7) is 1.38. The molecule has 5 nitrogen and oxygen atoms in total. The van der Waals surface area contributed by atoms with Gasteiger partial charge in [-0.3, -0.25) is 4.79 Å². The van der Waals surface area contributed by atoms with Gasteiger partial charge in [-0.15, -0.1) is 0 Å². The fraction of sp³-hybridized carbons (Fsp3) is 0.909. The van der Waals surface area contributed by atoms with Crippen LogP contribution in [-0.2, 0) is 14.3 Å². The third-order valence-corrected chi connectivity index (χ3v) is 3.47. The van der Waals surface area contributed by atoms with E-state index in [0.29, 0.717) is 19.4 Å². The van der Waals surface area contributed by atoms with E-state index in [4.69, 9.17) is 20.3 Å². The molecule has 2 fully saturated rings. The Morgan fingerprint density at radius 2 is 2.38 bits per heavy atom. The van der Waals surface area contributed by atoms with Crippen LogP contribution in [0.15, 0.2) is 0 Å². The molecule has 0 aromatic heterocycles. The molecular formula is C11H19NO4. The SMILES string of the molecule is NC1(C(=O)O)CCC(OCC2CCCO2)C1. The fourth-order valence-electron chi connectivity index (χ4n) is 2.38. The van der Waals surface area contributed by atoms with E-state index in [-0.39, 0.29) is 12.2 Å². The number of hydrogen-bond donors (Lipinski definition) is 2. The Balaban J connectivity index is 1.74. The minimum atomic E-state index is -1.08. The van der Waals surface area contributed by atoms with E-state index in [1.165, 1.54) is 0 Å². The maximum absolute atomic E-state index is 10.9. The smallest absolute Gasteiger partial charge is 0.323 e. The number of carboxylic acids is 1. The standard InChI is InChI=1S/C11H19NO4/c12-11(10(13)14)4-3-8(6-11)16-7-9-2-1-5-15-9/h8-9H,1-7,12H2,(H,13,14). The molecule has 3 atom stereocenters. The summed E-state index contributed by atoms with van der Waals surface area (Å²) in [6.07, 6.45) is 3.94. The van der Waals surface area contributed by atoms with Gasteiger partial charge in [0.25, 0.3) is 0 Å². The first-order valence-electron chi connectivity index (χ1n) is 5.86. The molecule has 1 saturated heterocycles. The van der Waals surface area contributed by atoms with E-state index in [2.05, 4.69) is 0 Å². The molecule has 0 bridgehead atoms. The quantitative estimate of drug-likeness (QED) is 0.734. The minimum absolute atomic E-state index is 0.0229. The van der Waals surface area contributed by atoms with Crippen LogP contribution >= 0.6 is 0 Å². The zero-order chi connectivity index (χ0) is 11.6. The van der Waals surface area contributed by atoms with Crippen LogP contribution in [0.3, 0.4) is 0 Å². The van der Waals surface area contributed by atoms with Crippen molar-refractivity contribution in [3.05, 3.63) is 0 Å². The van der Waals surface area contributed by atoms with Crippen molar-refractivity contribution >= 4 is 5.97 Å².